The maximum Gasteiger partial charge on any atom is 0.306 e. The molecule has 0 fully saturated rings. The normalized spacial score (nSPS) is 22.1. The Morgan fingerprint density at radius 3 is 2.75 bits per heavy atom. The molecular weight excluding hydrogens is 367 g/mol. The molecule has 1 heterocycles. The van der Waals surface area contributed by atoms with Crippen molar-refractivity contribution in [3.63, 3.8) is 0 Å². The number of benzene rings is 1. The number of hydrogen-bond acceptors (Lipinski definition) is 3. The predicted octanol–water partition coefficient (Wildman–Crippen LogP) is 3.96. The van der Waals surface area contributed by atoms with E-state index in [0.717, 1.165) is 21.1 Å². The zero-order valence-electron chi connectivity index (χ0n) is 11.8. The molecule has 1 aromatic rings. The van der Waals surface area contributed by atoms with Crippen molar-refractivity contribution in [3.8, 4) is 0 Å². The molecule has 20 heavy (non-hydrogen) atoms. The van der Waals surface area contributed by atoms with Gasteiger partial charge in [0.25, 0.3) is 0 Å². The zero-order valence-corrected chi connectivity index (χ0v) is 14.0. The second-order valence-electron chi connectivity index (χ2n) is 5.02. The molecule has 0 radical (unpaired) electrons. The molecule has 0 N–H and O–H groups in total. The van der Waals surface area contributed by atoms with Crippen molar-refractivity contribution < 1.29 is 14.3 Å². The third-order valence-corrected chi connectivity index (χ3v) is 5.24. The van der Waals surface area contributed by atoms with Crippen molar-refractivity contribution in [2.75, 3.05) is 13.2 Å². The van der Waals surface area contributed by atoms with Gasteiger partial charge >= 0.3 is 5.97 Å². The Morgan fingerprint density at radius 1 is 1.40 bits per heavy atom. The van der Waals surface area contributed by atoms with Crippen LogP contribution in [0.4, 0.5) is 0 Å². The SMILES string of the molecule is CCCC(=O)OCC1=C(I)[C@](C)(c2ccccc2)OC1. The Kier molecular flexibility index (Phi) is 5.21. The van der Waals surface area contributed by atoms with Crippen LogP contribution in [0.15, 0.2) is 39.5 Å². The van der Waals surface area contributed by atoms with Crippen molar-refractivity contribution in [1.29, 1.82) is 0 Å². The third kappa shape index (κ3) is 3.23. The number of esters is 1. The molecule has 3 nitrogen and oxygen atoms in total. The maximum atomic E-state index is 11.4. The largest absolute Gasteiger partial charge is 0.461 e. The molecule has 0 aliphatic carbocycles. The molecule has 0 saturated heterocycles. The summed E-state index contributed by atoms with van der Waals surface area (Å²) in [7, 11) is 0. The van der Waals surface area contributed by atoms with Gasteiger partial charge in [0.2, 0.25) is 0 Å². The van der Waals surface area contributed by atoms with Gasteiger partial charge in [-0.15, -0.1) is 0 Å². The molecular formula is C16H19IO3. The third-order valence-electron chi connectivity index (χ3n) is 3.45. The number of rotatable bonds is 5. The summed E-state index contributed by atoms with van der Waals surface area (Å²) in [4.78, 5) is 11.4. The number of hydrogen-bond donors (Lipinski definition) is 0. The Bertz CT molecular complexity index is 510. The summed E-state index contributed by atoms with van der Waals surface area (Å²) in [5, 5.41) is 0. The summed E-state index contributed by atoms with van der Waals surface area (Å²) < 4.78 is 12.4. The monoisotopic (exact) mass is 386 g/mol. The molecule has 108 valence electrons. The molecule has 0 amide bonds. The van der Waals surface area contributed by atoms with Crippen molar-refractivity contribution in [2.24, 2.45) is 0 Å². The van der Waals surface area contributed by atoms with Gasteiger partial charge < -0.3 is 9.47 Å². The second-order valence-corrected chi connectivity index (χ2v) is 6.09. The molecule has 1 atom stereocenters. The van der Waals surface area contributed by atoms with Crippen LogP contribution >= 0.6 is 22.6 Å². The topological polar surface area (TPSA) is 35.5 Å². The smallest absolute Gasteiger partial charge is 0.306 e. The molecule has 2 rings (SSSR count). The molecule has 0 saturated carbocycles. The molecule has 1 aliphatic heterocycles. The van der Waals surface area contributed by atoms with Crippen LogP contribution in [-0.2, 0) is 19.9 Å². The van der Waals surface area contributed by atoms with Gasteiger partial charge in [-0.25, -0.2) is 0 Å². The lowest BCUT2D eigenvalue weighted by molar-refractivity contribution is -0.142. The van der Waals surface area contributed by atoms with Gasteiger partial charge in [0.1, 0.15) is 12.2 Å². The minimum atomic E-state index is -0.422. The maximum absolute atomic E-state index is 11.4. The van der Waals surface area contributed by atoms with E-state index in [-0.39, 0.29) is 5.97 Å². The fourth-order valence-corrected chi connectivity index (χ4v) is 2.99. The summed E-state index contributed by atoms with van der Waals surface area (Å²) in [6.07, 6.45) is 1.29. The van der Waals surface area contributed by atoms with Crippen molar-refractivity contribution in [2.45, 2.75) is 32.3 Å². The van der Waals surface area contributed by atoms with Gasteiger partial charge in [-0.2, -0.15) is 0 Å². The van der Waals surface area contributed by atoms with E-state index in [9.17, 15) is 4.79 Å². The standard InChI is InChI=1S/C16H19IO3/c1-3-7-14(18)19-10-12-11-20-16(2,15(12)17)13-8-5-4-6-9-13/h4-6,8-9H,3,7,10-11H2,1-2H3/t16-/m0/s1. The van der Waals surface area contributed by atoms with Crippen molar-refractivity contribution >= 4 is 28.6 Å². The van der Waals surface area contributed by atoms with Crippen LogP contribution in [0, 0.1) is 0 Å². The number of carbonyl (C=O) groups is 1. The lowest BCUT2D eigenvalue weighted by Gasteiger charge is -2.25. The first kappa shape index (κ1) is 15.5. The Morgan fingerprint density at radius 2 is 2.10 bits per heavy atom. The molecule has 1 aliphatic rings. The van der Waals surface area contributed by atoms with E-state index >= 15 is 0 Å². The lowest BCUT2D eigenvalue weighted by Crippen LogP contribution is -2.21. The van der Waals surface area contributed by atoms with Gasteiger partial charge in [-0.05, 0) is 41.5 Å². The van der Waals surface area contributed by atoms with Crippen LogP contribution in [0.5, 0.6) is 0 Å². The first-order valence-corrected chi connectivity index (χ1v) is 7.89. The van der Waals surface area contributed by atoms with Crippen LogP contribution in [0.25, 0.3) is 0 Å². The van der Waals surface area contributed by atoms with E-state index in [1.165, 1.54) is 0 Å². The Hall–Kier alpha value is -0.880. The van der Waals surface area contributed by atoms with Crippen molar-refractivity contribution in [1.82, 2.24) is 0 Å². The average molecular weight is 386 g/mol. The van der Waals surface area contributed by atoms with E-state index in [4.69, 9.17) is 9.47 Å². The average Bonchev–Trinajstić information content (AvgIpc) is 2.75. The van der Waals surface area contributed by atoms with Crippen molar-refractivity contribution in [3.05, 3.63) is 45.0 Å². The molecule has 0 bridgehead atoms. The quantitative estimate of drug-likeness (QED) is 0.568. The van der Waals surface area contributed by atoms with Gasteiger partial charge in [0.15, 0.2) is 0 Å². The van der Waals surface area contributed by atoms with Crippen LogP contribution in [0.2, 0.25) is 0 Å². The van der Waals surface area contributed by atoms with Gasteiger partial charge in [-0.1, -0.05) is 37.3 Å². The summed E-state index contributed by atoms with van der Waals surface area (Å²) >= 11 is 2.31. The van der Waals surface area contributed by atoms with E-state index in [0.29, 0.717) is 19.6 Å². The first-order chi connectivity index (χ1) is 9.58. The molecule has 0 aromatic heterocycles. The zero-order chi connectivity index (χ0) is 14.6. The highest BCUT2D eigenvalue weighted by Crippen LogP contribution is 2.43. The van der Waals surface area contributed by atoms with Crippen LogP contribution in [0.3, 0.4) is 0 Å². The molecule has 1 aromatic carbocycles. The molecule has 0 unspecified atom stereocenters. The highest BCUT2D eigenvalue weighted by atomic mass is 127. The van der Waals surface area contributed by atoms with Crippen LogP contribution < -0.4 is 0 Å². The predicted molar refractivity (Wildman–Crippen MR) is 86.7 cm³/mol. The lowest BCUT2D eigenvalue weighted by atomic mass is 9.95. The fourth-order valence-electron chi connectivity index (χ4n) is 2.21. The molecule has 0 spiro atoms. The summed E-state index contributed by atoms with van der Waals surface area (Å²) in [6, 6.07) is 10.1. The van der Waals surface area contributed by atoms with Crippen LogP contribution in [-0.4, -0.2) is 19.2 Å². The van der Waals surface area contributed by atoms with Gasteiger partial charge in [-0.3, -0.25) is 4.79 Å². The first-order valence-electron chi connectivity index (χ1n) is 6.81. The Labute approximate surface area is 133 Å². The Balaban J connectivity index is 2.10. The second kappa shape index (κ2) is 6.72. The van der Waals surface area contributed by atoms with E-state index in [2.05, 4.69) is 41.6 Å². The van der Waals surface area contributed by atoms with Gasteiger partial charge in [0.05, 0.1) is 6.61 Å². The minimum absolute atomic E-state index is 0.141. The number of ether oxygens (including phenoxy) is 2. The summed E-state index contributed by atoms with van der Waals surface area (Å²) in [6.45, 7) is 4.88. The molecule has 4 heteroatoms. The van der Waals surface area contributed by atoms with E-state index in [1.54, 1.807) is 0 Å². The summed E-state index contributed by atoms with van der Waals surface area (Å²) in [5.41, 5.74) is 1.76. The number of carbonyl (C=O) groups excluding carboxylic acids is 1. The highest BCUT2D eigenvalue weighted by molar-refractivity contribution is 14.1. The minimum Gasteiger partial charge on any atom is -0.461 e. The highest BCUT2D eigenvalue weighted by Gasteiger charge is 2.38. The number of halogens is 1. The fraction of sp³-hybridized carbons (Fsp3) is 0.438. The van der Waals surface area contributed by atoms with Gasteiger partial charge in [0, 0.05) is 15.6 Å². The van der Waals surface area contributed by atoms with E-state index < -0.39 is 5.60 Å². The van der Waals surface area contributed by atoms with Crippen LogP contribution in [0.1, 0.15) is 32.3 Å². The van der Waals surface area contributed by atoms with E-state index in [1.807, 2.05) is 25.1 Å². The summed E-state index contributed by atoms with van der Waals surface area (Å²) in [5.74, 6) is -0.141.